The van der Waals surface area contributed by atoms with E-state index in [1.54, 1.807) is 7.11 Å². The van der Waals surface area contributed by atoms with Crippen molar-refractivity contribution in [2.45, 2.75) is 19.8 Å². The topological polar surface area (TPSA) is 42.1 Å². The monoisotopic (exact) mass is 293 g/mol. The van der Waals surface area contributed by atoms with Crippen LogP contribution in [0, 0.1) is 0 Å². The zero-order chi connectivity index (χ0) is 15.7. The fraction of sp³-hybridized carbons (Fsp3) is 0.211. The summed E-state index contributed by atoms with van der Waals surface area (Å²) in [5.41, 5.74) is 2.66. The first kappa shape index (κ1) is 14.4. The van der Waals surface area contributed by atoms with Crippen LogP contribution >= 0.6 is 0 Å². The Hall–Kier alpha value is -2.55. The fourth-order valence-corrected chi connectivity index (χ4v) is 2.87. The third kappa shape index (κ3) is 2.39. The Morgan fingerprint density at radius 3 is 2.18 bits per heavy atom. The average Bonchev–Trinajstić information content (AvgIpc) is 2.53. The predicted molar refractivity (Wildman–Crippen MR) is 90.6 cm³/mol. The van der Waals surface area contributed by atoms with Gasteiger partial charge in [0.1, 0.15) is 5.75 Å². The lowest BCUT2D eigenvalue weighted by Gasteiger charge is -2.13. The van der Waals surface area contributed by atoms with Crippen LogP contribution in [-0.2, 0) is 0 Å². The van der Waals surface area contributed by atoms with Crippen LogP contribution in [0.5, 0.6) is 5.75 Å². The number of benzene rings is 2. The number of ether oxygens (including phenoxy) is 1. The molecule has 0 aliphatic rings. The molecule has 0 saturated heterocycles. The van der Waals surface area contributed by atoms with E-state index in [-0.39, 0.29) is 11.5 Å². The van der Waals surface area contributed by atoms with Crippen molar-refractivity contribution >= 4 is 10.8 Å². The molecule has 3 aromatic rings. The van der Waals surface area contributed by atoms with Gasteiger partial charge in [0.2, 0.25) is 0 Å². The number of pyridine rings is 1. The van der Waals surface area contributed by atoms with Gasteiger partial charge in [0, 0.05) is 10.9 Å². The quantitative estimate of drug-likeness (QED) is 0.781. The molecule has 0 spiro atoms. The van der Waals surface area contributed by atoms with Gasteiger partial charge in [0.15, 0.2) is 0 Å². The van der Waals surface area contributed by atoms with E-state index in [1.165, 1.54) is 0 Å². The first-order valence-corrected chi connectivity index (χ1v) is 7.41. The van der Waals surface area contributed by atoms with Crippen molar-refractivity contribution in [3.8, 4) is 17.0 Å². The minimum atomic E-state index is -0.0143. The third-order valence-electron chi connectivity index (χ3n) is 3.93. The average molecular weight is 293 g/mol. The molecule has 112 valence electrons. The van der Waals surface area contributed by atoms with Crippen LogP contribution in [-0.4, -0.2) is 12.1 Å². The zero-order valence-corrected chi connectivity index (χ0v) is 13.0. The third-order valence-corrected chi connectivity index (χ3v) is 3.93. The molecular formula is C19H19NO2. The SMILES string of the molecule is COc1ccc(-c2[nH]c(=O)c(C(C)C)c3ccccc23)cc1. The van der Waals surface area contributed by atoms with E-state index in [9.17, 15) is 4.79 Å². The molecule has 0 aliphatic carbocycles. The molecule has 1 N–H and O–H groups in total. The highest BCUT2D eigenvalue weighted by molar-refractivity contribution is 5.96. The summed E-state index contributed by atoms with van der Waals surface area (Å²) in [7, 11) is 1.64. The van der Waals surface area contributed by atoms with Crippen LogP contribution in [0.25, 0.3) is 22.0 Å². The lowest BCUT2D eigenvalue weighted by Crippen LogP contribution is -2.15. The molecule has 2 aromatic carbocycles. The summed E-state index contributed by atoms with van der Waals surface area (Å²) in [5.74, 6) is 0.979. The highest BCUT2D eigenvalue weighted by atomic mass is 16.5. The molecule has 0 radical (unpaired) electrons. The van der Waals surface area contributed by atoms with Gasteiger partial charge in [-0.25, -0.2) is 0 Å². The summed E-state index contributed by atoms with van der Waals surface area (Å²) >= 11 is 0. The minimum absolute atomic E-state index is 0.0143. The van der Waals surface area contributed by atoms with Gasteiger partial charge in [-0.3, -0.25) is 4.79 Å². The van der Waals surface area contributed by atoms with Gasteiger partial charge in [-0.2, -0.15) is 0 Å². The summed E-state index contributed by atoms with van der Waals surface area (Å²) in [5, 5.41) is 2.09. The first-order valence-electron chi connectivity index (χ1n) is 7.41. The number of hydrogen-bond donors (Lipinski definition) is 1. The van der Waals surface area contributed by atoms with E-state index in [4.69, 9.17) is 4.74 Å². The second-order valence-corrected chi connectivity index (χ2v) is 5.67. The van der Waals surface area contributed by atoms with Crippen molar-refractivity contribution in [1.82, 2.24) is 4.98 Å². The maximum atomic E-state index is 12.5. The number of methoxy groups -OCH3 is 1. The van der Waals surface area contributed by atoms with Crippen molar-refractivity contribution < 1.29 is 4.74 Å². The largest absolute Gasteiger partial charge is 0.497 e. The highest BCUT2D eigenvalue weighted by Crippen LogP contribution is 2.30. The Balaban J connectivity index is 2.30. The summed E-state index contributed by atoms with van der Waals surface area (Å²) in [4.78, 5) is 15.6. The number of rotatable bonds is 3. The van der Waals surface area contributed by atoms with Crippen molar-refractivity contribution in [2.24, 2.45) is 0 Å². The molecule has 0 aliphatic heterocycles. The Morgan fingerprint density at radius 2 is 1.59 bits per heavy atom. The molecule has 0 atom stereocenters. The molecule has 3 heteroatoms. The van der Waals surface area contributed by atoms with E-state index in [0.717, 1.165) is 33.3 Å². The molecule has 0 fully saturated rings. The van der Waals surface area contributed by atoms with Crippen LogP contribution in [0.2, 0.25) is 0 Å². The normalized spacial score (nSPS) is 11.1. The highest BCUT2D eigenvalue weighted by Gasteiger charge is 2.14. The number of fused-ring (bicyclic) bond motifs is 1. The van der Waals surface area contributed by atoms with Gasteiger partial charge in [0.05, 0.1) is 12.8 Å². The van der Waals surface area contributed by atoms with E-state index < -0.39 is 0 Å². The standard InChI is InChI=1S/C19H19NO2/c1-12(2)17-15-6-4-5-7-16(15)18(20-19(17)21)13-8-10-14(22-3)11-9-13/h4-12H,1-3H3,(H,20,21). The summed E-state index contributed by atoms with van der Waals surface area (Å²) < 4.78 is 5.19. The Bertz CT molecular complexity index is 861. The maximum Gasteiger partial charge on any atom is 0.252 e. The molecule has 0 unspecified atom stereocenters. The van der Waals surface area contributed by atoms with E-state index in [0.29, 0.717) is 0 Å². The molecule has 1 heterocycles. The van der Waals surface area contributed by atoms with Crippen molar-refractivity contribution in [3.63, 3.8) is 0 Å². The summed E-state index contributed by atoms with van der Waals surface area (Å²) in [6.07, 6.45) is 0. The molecule has 0 bridgehead atoms. The molecular weight excluding hydrogens is 274 g/mol. The van der Waals surface area contributed by atoms with Crippen LogP contribution in [0.15, 0.2) is 53.3 Å². The van der Waals surface area contributed by atoms with Gasteiger partial charge in [-0.1, -0.05) is 38.1 Å². The number of hydrogen-bond acceptors (Lipinski definition) is 2. The van der Waals surface area contributed by atoms with Crippen molar-refractivity contribution in [3.05, 3.63) is 64.4 Å². The van der Waals surface area contributed by atoms with Gasteiger partial charge >= 0.3 is 0 Å². The summed E-state index contributed by atoms with van der Waals surface area (Å²) in [6, 6.07) is 15.8. The molecule has 1 aromatic heterocycles. The van der Waals surface area contributed by atoms with Gasteiger partial charge in [-0.05, 0) is 41.1 Å². The van der Waals surface area contributed by atoms with Crippen molar-refractivity contribution in [1.29, 1.82) is 0 Å². The van der Waals surface area contributed by atoms with Crippen molar-refractivity contribution in [2.75, 3.05) is 7.11 Å². The lowest BCUT2D eigenvalue weighted by atomic mass is 9.95. The van der Waals surface area contributed by atoms with Gasteiger partial charge in [0.25, 0.3) is 5.56 Å². The second kappa shape index (κ2) is 5.68. The number of aromatic nitrogens is 1. The summed E-state index contributed by atoms with van der Waals surface area (Å²) in [6.45, 7) is 4.09. The smallest absolute Gasteiger partial charge is 0.252 e. The van der Waals surface area contributed by atoms with E-state index in [2.05, 4.69) is 11.1 Å². The molecule has 22 heavy (non-hydrogen) atoms. The number of H-pyrrole nitrogens is 1. The van der Waals surface area contributed by atoms with Crippen LogP contribution in [0.1, 0.15) is 25.3 Å². The van der Waals surface area contributed by atoms with Crippen LogP contribution in [0.4, 0.5) is 0 Å². The number of nitrogens with one attached hydrogen (secondary N) is 1. The second-order valence-electron chi connectivity index (χ2n) is 5.67. The Kier molecular flexibility index (Phi) is 3.72. The molecule has 0 amide bonds. The predicted octanol–water partition coefficient (Wildman–Crippen LogP) is 4.33. The molecule has 3 nitrogen and oxygen atoms in total. The first-order chi connectivity index (χ1) is 10.6. The van der Waals surface area contributed by atoms with E-state index in [1.807, 2.05) is 56.3 Å². The Labute approximate surface area is 129 Å². The van der Waals surface area contributed by atoms with Crippen LogP contribution in [0.3, 0.4) is 0 Å². The molecule has 3 rings (SSSR count). The van der Waals surface area contributed by atoms with Crippen LogP contribution < -0.4 is 10.3 Å². The van der Waals surface area contributed by atoms with E-state index >= 15 is 0 Å². The zero-order valence-electron chi connectivity index (χ0n) is 13.0. The minimum Gasteiger partial charge on any atom is -0.497 e. The fourth-order valence-electron chi connectivity index (χ4n) is 2.87. The molecule has 0 saturated carbocycles. The lowest BCUT2D eigenvalue weighted by molar-refractivity contribution is 0.415. The van der Waals surface area contributed by atoms with Gasteiger partial charge in [-0.15, -0.1) is 0 Å². The maximum absolute atomic E-state index is 12.5. The van der Waals surface area contributed by atoms with Gasteiger partial charge < -0.3 is 9.72 Å². The Morgan fingerprint density at radius 1 is 0.955 bits per heavy atom. The number of aromatic amines is 1.